The van der Waals surface area contributed by atoms with E-state index in [-0.39, 0.29) is 6.04 Å². The van der Waals surface area contributed by atoms with Crippen LogP contribution in [0.15, 0.2) is 24.3 Å². The Kier molecular flexibility index (Phi) is 3.16. The molecule has 1 aromatic rings. The van der Waals surface area contributed by atoms with Gasteiger partial charge in [-0.1, -0.05) is 37.6 Å². The molecular weight excluding hydrogens is 220 g/mol. The highest BCUT2D eigenvalue weighted by Gasteiger charge is 2.36. The molecule has 3 atom stereocenters. The molecule has 0 amide bonds. The van der Waals surface area contributed by atoms with Crippen LogP contribution in [0.5, 0.6) is 0 Å². The minimum absolute atomic E-state index is 0.183. The topological polar surface area (TPSA) is 29.3 Å². The maximum absolute atomic E-state index is 6.53. The minimum Gasteiger partial charge on any atom is -0.323 e. The second-order valence-corrected chi connectivity index (χ2v) is 6.11. The number of rotatable bonds is 2. The zero-order valence-electron chi connectivity index (χ0n) is 11.5. The molecule has 3 rings (SSSR count). The van der Waals surface area contributed by atoms with Gasteiger partial charge in [0.15, 0.2) is 0 Å². The Morgan fingerprint density at radius 1 is 1.17 bits per heavy atom. The van der Waals surface area contributed by atoms with Crippen molar-refractivity contribution < 1.29 is 0 Å². The van der Waals surface area contributed by atoms with Crippen LogP contribution >= 0.6 is 0 Å². The monoisotopic (exact) mass is 244 g/mol. The van der Waals surface area contributed by atoms with Gasteiger partial charge in [0, 0.05) is 18.1 Å². The number of likely N-dealkylation sites (N-methyl/N-ethyl adjacent to an activating group) is 1. The van der Waals surface area contributed by atoms with E-state index in [0.29, 0.717) is 12.0 Å². The molecule has 2 nitrogen and oxygen atoms in total. The van der Waals surface area contributed by atoms with Gasteiger partial charge in [0.1, 0.15) is 0 Å². The Bertz CT molecular complexity index is 425. The molecule has 1 fully saturated rings. The van der Waals surface area contributed by atoms with E-state index >= 15 is 0 Å². The maximum atomic E-state index is 6.53. The standard InChI is InChI=1S/C16H24N2/c1-11-10-15(18(2)12-6-5-7-12)16(17)14-9-4-3-8-13(11)14/h3-4,8-9,11-12,15-16H,5-7,10,17H2,1-2H3. The lowest BCUT2D eigenvalue weighted by atomic mass is 9.76. The SMILES string of the molecule is CC1CC(N(C)C2CCC2)C(N)c2ccccc21. The first-order valence-corrected chi connectivity index (χ1v) is 7.25. The van der Waals surface area contributed by atoms with Gasteiger partial charge >= 0.3 is 0 Å². The van der Waals surface area contributed by atoms with Crippen molar-refractivity contribution in [2.75, 3.05) is 7.05 Å². The van der Waals surface area contributed by atoms with E-state index in [2.05, 4.69) is 43.1 Å². The molecule has 2 aliphatic carbocycles. The van der Waals surface area contributed by atoms with Gasteiger partial charge in [-0.15, -0.1) is 0 Å². The van der Waals surface area contributed by atoms with E-state index in [0.717, 1.165) is 6.04 Å². The van der Waals surface area contributed by atoms with Crippen molar-refractivity contribution in [3.05, 3.63) is 35.4 Å². The van der Waals surface area contributed by atoms with Crippen LogP contribution in [-0.2, 0) is 0 Å². The zero-order valence-corrected chi connectivity index (χ0v) is 11.5. The van der Waals surface area contributed by atoms with Crippen LogP contribution in [0, 0.1) is 0 Å². The molecule has 0 aliphatic heterocycles. The highest BCUT2D eigenvalue weighted by Crippen LogP contribution is 2.40. The Hall–Kier alpha value is -0.860. The number of nitrogens with two attached hydrogens (primary N) is 1. The molecule has 0 saturated heterocycles. The largest absolute Gasteiger partial charge is 0.323 e. The molecular formula is C16H24N2. The van der Waals surface area contributed by atoms with Gasteiger partial charge in [-0.05, 0) is 43.4 Å². The third-order valence-electron chi connectivity index (χ3n) is 5.07. The van der Waals surface area contributed by atoms with Crippen LogP contribution in [0.1, 0.15) is 55.7 Å². The maximum Gasteiger partial charge on any atom is 0.0456 e. The molecule has 0 spiro atoms. The van der Waals surface area contributed by atoms with Crippen LogP contribution in [-0.4, -0.2) is 24.0 Å². The predicted octanol–water partition coefficient (Wildman–Crippen LogP) is 3.05. The number of hydrogen-bond acceptors (Lipinski definition) is 2. The van der Waals surface area contributed by atoms with Crippen molar-refractivity contribution in [2.24, 2.45) is 5.73 Å². The Balaban J connectivity index is 1.86. The van der Waals surface area contributed by atoms with Crippen LogP contribution in [0.25, 0.3) is 0 Å². The predicted molar refractivity (Wildman–Crippen MR) is 75.6 cm³/mol. The molecule has 1 aromatic carbocycles. The van der Waals surface area contributed by atoms with Crippen molar-refractivity contribution in [1.29, 1.82) is 0 Å². The van der Waals surface area contributed by atoms with Gasteiger partial charge in [-0.2, -0.15) is 0 Å². The first-order valence-electron chi connectivity index (χ1n) is 7.25. The lowest BCUT2D eigenvalue weighted by molar-refractivity contribution is 0.0816. The molecule has 1 saturated carbocycles. The van der Waals surface area contributed by atoms with Crippen molar-refractivity contribution >= 4 is 0 Å². The molecule has 98 valence electrons. The molecule has 3 unspecified atom stereocenters. The van der Waals surface area contributed by atoms with E-state index in [4.69, 9.17) is 5.73 Å². The van der Waals surface area contributed by atoms with E-state index in [1.807, 2.05) is 0 Å². The van der Waals surface area contributed by atoms with Crippen molar-refractivity contribution in [2.45, 2.75) is 56.7 Å². The lowest BCUT2D eigenvalue weighted by Gasteiger charge is -2.46. The lowest BCUT2D eigenvalue weighted by Crippen LogP contribution is -2.50. The molecule has 0 bridgehead atoms. The molecule has 18 heavy (non-hydrogen) atoms. The number of fused-ring (bicyclic) bond motifs is 1. The first kappa shape index (κ1) is 12.2. The van der Waals surface area contributed by atoms with Gasteiger partial charge in [0.25, 0.3) is 0 Å². The molecule has 2 aliphatic rings. The van der Waals surface area contributed by atoms with Crippen molar-refractivity contribution in [3.8, 4) is 0 Å². The van der Waals surface area contributed by atoms with Gasteiger partial charge < -0.3 is 5.73 Å². The second kappa shape index (κ2) is 4.67. The van der Waals surface area contributed by atoms with E-state index < -0.39 is 0 Å². The Morgan fingerprint density at radius 3 is 2.44 bits per heavy atom. The summed E-state index contributed by atoms with van der Waals surface area (Å²) in [6.45, 7) is 2.34. The summed E-state index contributed by atoms with van der Waals surface area (Å²) in [6, 6.07) is 10.2. The Morgan fingerprint density at radius 2 is 1.83 bits per heavy atom. The Labute approximate surface area is 110 Å². The first-order chi connectivity index (χ1) is 8.68. The number of benzene rings is 1. The summed E-state index contributed by atoms with van der Waals surface area (Å²) in [6.07, 6.45) is 5.31. The highest BCUT2D eigenvalue weighted by molar-refractivity contribution is 5.36. The average Bonchev–Trinajstić information content (AvgIpc) is 2.31. The molecule has 2 N–H and O–H groups in total. The van der Waals surface area contributed by atoms with Gasteiger partial charge in [-0.25, -0.2) is 0 Å². The van der Waals surface area contributed by atoms with Crippen LogP contribution < -0.4 is 5.73 Å². The van der Waals surface area contributed by atoms with E-state index in [1.165, 1.54) is 36.8 Å². The third kappa shape index (κ3) is 1.88. The fraction of sp³-hybridized carbons (Fsp3) is 0.625. The van der Waals surface area contributed by atoms with E-state index in [9.17, 15) is 0 Å². The third-order valence-corrected chi connectivity index (χ3v) is 5.07. The number of nitrogens with zero attached hydrogens (tertiary/aromatic N) is 1. The highest BCUT2D eigenvalue weighted by atomic mass is 15.2. The summed E-state index contributed by atoms with van der Waals surface area (Å²) in [4.78, 5) is 2.56. The second-order valence-electron chi connectivity index (χ2n) is 6.11. The van der Waals surface area contributed by atoms with Crippen molar-refractivity contribution in [1.82, 2.24) is 4.90 Å². The average molecular weight is 244 g/mol. The van der Waals surface area contributed by atoms with Crippen LogP contribution in [0.3, 0.4) is 0 Å². The molecule has 0 heterocycles. The number of hydrogen-bond donors (Lipinski definition) is 1. The summed E-state index contributed by atoms with van der Waals surface area (Å²) < 4.78 is 0. The minimum atomic E-state index is 0.183. The molecule has 0 aromatic heterocycles. The normalized spacial score (nSPS) is 32.1. The summed E-state index contributed by atoms with van der Waals surface area (Å²) in [7, 11) is 2.27. The molecule has 2 heteroatoms. The fourth-order valence-electron chi connectivity index (χ4n) is 3.59. The smallest absolute Gasteiger partial charge is 0.0456 e. The van der Waals surface area contributed by atoms with Gasteiger partial charge in [-0.3, -0.25) is 4.90 Å². The summed E-state index contributed by atoms with van der Waals surface area (Å²) in [5.41, 5.74) is 9.36. The summed E-state index contributed by atoms with van der Waals surface area (Å²) >= 11 is 0. The van der Waals surface area contributed by atoms with Crippen LogP contribution in [0.4, 0.5) is 0 Å². The quantitative estimate of drug-likeness (QED) is 0.866. The van der Waals surface area contributed by atoms with E-state index in [1.54, 1.807) is 0 Å². The zero-order chi connectivity index (χ0) is 12.7. The summed E-state index contributed by atoms with van der Waals surface area (Å²) in [5.74, 6) is 0.633. The van der Waals surface area contributed by atoms with Crippen molar-refractivity contribution in [3.63, 3.8) is 0 Å². The molecule has 0 radical (unpaired) electrons. The fourth-order valence-corrected chi connectivity index (χ4v) is 3.59. The van der Waals surface area contributed by atoms with Gasteiger partial charge in [0.05, 0.1) is 0 Å². The van der Waals surface area contributed by atoms with Crippen LogP contribution in [0.2, 0.25) is 0 Å². The summed E-state index contributed by atoms with van der Waals surface area (Å²) in [5, 5.41) is 0. The van der Waals surface area contributed by atoms with Gasteiger partial charge in [0.2, 0.25) is 0 Å².